The first-order valence-electron chi connectivity index (χ1n) is 11.1. The third-order valence-corrected chi connectivity index (χ3v) is 6.02. The highest BCUT2D eigenvalue weighted by molar-refractivity contribution is 5.36. The zero-order valence-electron chi connectivity index (χ0n) is 17.0. The van der Waals surface area contributed by atoms with Gasteiger partial charge >= 0.3 is 0 Å². The Labute approximate surface area is 165 Å². The van der Waals surface area contributed by atoms with Crippen LogP contribution in [0.3, 0.4) is 0 Å². The first kappa shape index (κ1) is 21.7. The van der Waals surface area contributed by atoms with Gasteiger partial charge in [-0.25, -0.2) is 4.39 Å². The smallest absolute Gasteiger partial charge is 0.144 e. The number of nitriles is 1. The minimum absolute atomic E-state index is 0.0695. The Bertz CT molecular complexity index is 572. The average Bonchev–Trinajstić information content (AvgIpc) is 2.69. The molecule has 150 valence electrons. The maximum Gasteiger partial charge on any atom is 0.144 e. The summed E-state index contributed by atoms with van der Waals surface area (Å²) in [7, 11) is 0. The fraction of sp³-hybridized carbons (Fsp3) is 0.708. The molecule has 0 bridgehead atoms. The second-order valence-corrected chi connectivity index (χ2v) is 8.19. The molecule has 0 aliphatic heterocycles. The van der Waals surface area contributed by atoms with Crippen molar-refractivity contribution >= 4 is 0 Å². The maximum absolute atomic E-state index is 13.6. The Hall–Kier alpha value is -1.56. The normalized spacial score (nSPS) is 19.6. The monoisotopic (exact) mass is 373 g/mol. The van der Waals surface area contributed by atoms with E-state index in [1.807, 2.05) is 6.07 Å². The third-order valence-electron chi connectivity index (χ3n) is 6.02. The molecule has 27 heavy (non-hydrogen) atoms. The van der Waals surface area contributed by atoms with E-state index in [0.717, 1.165) is 18.3 Å². The van der Waals surface area contributed by atoms with Crippen LogP contribution in [0.4, 0.5) is 4.39 Å². The summed E-state index contributed by atoms with van der Waals surface area (Å²) in [6.07, 6.45) is 17.6. The van der Waals surface area contributed by atoms with E-state index in [1.54, 1.807) is 6.07 Å². The SMILES string of the molecule is CCCCCCCCC1CCC(CCCOc2ccc(C#N)c(F)c2)CC1. The summed E-state index contributed by atoms with van der Waals surface area (Å²) in [6, 6.07) is 6.30. The first-order chi connectivity index (χ1) is 13.2. The third kappa shape index (κ3) is 8.33. The van der Waals surface area contributed by atoms with Crippen LogP contribution in [0, 0.1) is 29.0 Å². The molecule has 0 spiro atoms. The van der Waals surface area contributed by atoms with Gasteiger partial charge in [-0.05, 0) is 36.8 Å². The summed E-state index contributed by atoms with van der Waals surface area (Å²) in [6.45, 7) is 2.90. The molecule has 1 aliphatic carbocycles. The van der Waals surface area contributed by atoms with Crippen molar-refractivity contribution in [3.05, 3.63) is 29.6 Å². The minimum Gasteiger partial charge on any atom is -0.493 e. The van der Waals surface area contributed by atoms with E-state index in [1.165, 1.54) is 89.2 Å². The molecule has 0 N–H and O–H groups in total. The second-order valence-electron chi connectivity index (χ2n) is 8.19. The van der Waals surface area contributed by atoms with Crippen LogP contribution in [0.1, 0.15) is 96.0 Å². The lowest BCUT2D eigenvalue weighted by Crippen LogP contribution is -2.15. The van der Waals surface area contributed by atoms with E-state index in [2.05, 4.69) is 6.92 Å². The lowest BCUT2D eigenvalue weighted by Gasteiger charge is -2.28. The summed E-state index contributed by atoms with van der Waals surface area (Å²) in [5.41, 5.74) is 0.0695. The molecule has 0 unspecified atom stereocenters. The van der Waals surface area contributed by atoms with Gasteiger partial charge in [0.25, 0.3) is 0 Å². The Morgan fingerprint density at radius 2 is 1.59 bits per heavy atom. The lowest BCUT2D eigenvalue weighted by atomic mass is 9.78. The predicted octanol–water partition coefficient (Wildman–Crippen LogP) is 7.41. The number of ether oxygens (including phenoxy) is 1. The number of nitrogens with zero attached hydrogens (tertiary/aromatic N) is 1. The largest absolute Gasteiger partial charge is 0.493 e. The molecule has 2 nitrogen and oxygen atoms in total. The van der Waals surface area contributed by atoms with Gasteiger partial charge in [0.15, 0.2) is 0 Å². The molecule has 3 heteroatoms. The molecule has 0 radical (unpaired) electrons. The molecule has 1 aromatic rings. The van der Waals surface area contributed by atoms with E-state index in [4.69, 9.17) is 10.00 Å². The van der Waals surface area contributed by atoms with Gasteiger partial charge < -0.3 is 4.74 Å². The fourth-order valence-electron chi connectivity index (χ4n) is 4.26. The van der Waals surface area contributed by atoms with Crippen molar-refractivity contribution in [2.24, 2.45) is 11.8 Å². The highest BCUT2D eigenvalue weighted by Gasteiger charge is 2.20. The molecule has 1 aromatic carbocycles. The van der Waals surface area contributed by atoms with Crippen LogP contribution in [0.15, 0.2) is 18.2 Å². The summed E-state index contributed by atoms with van der Waals surface area (Å²) in [5, 5.41) is 8.75. The van der Waals surface area contributed by atoms with Crippen LogP contribution in [0.2, 0.25) is 0 Å². The van der Waals surface area contributed by atoms with Gasteiger partial charge in [0.2, 0.25) is 0 Å². The summed E-state index contributed by atoms with van der Waals surface area (Å²) in [5.74, 6) is 1.82. The average molecular weight is 374 g/mol. The zero-order valence-corrected chi connectivity index (χ0v) is 17.0. The van der Waals surface area contributed by atoms with Gasteiger partial charge in [0.05, 0.1) is 12.2 Å². The van der Waals surface area contributed by atoms with Crippen molar-refractivity contribution in [2.75, 3.05) is 6.61 Å². The Balaban J connectivity index is 1.51. The number of halogens is 1. The summed E-state index contributed by atoms with van der Waals surface area (Å²) < 4.78 is 19.2. The van der Waals surface area contributed by atoms with E-state index in [0.29, 0.717) is 12.4 Å². The van der Waals surface area contributed by atoms with E-state index in [-0.39, 0.29) is 5.56 Å². The van der Waals surface area contributed by atoms with Crippen LogP contribution in [0.5, 0.6) is 5.75 Å². The van der Waals surface area contributed by atoms with Crippen LogP contribution >= 0.6 is 0 Å². The Kier molecular flexibility index (Phi) is 10.3. The van der Waals surface area contributed by atoms with E-state index >= 15 is 0 Å². The molecule has 2 rings (SSSR count). The van der Waals surface area contributed by atoms with Crippen LogP contribution in [-0.2, 0) is 0 Å². The van der Waals surface area contributed by atoms with Crippen LogP contribution < -0.4 is 4.74 Å². The minimum atomic E-state index is -0.501. The standard InChI is InChI=1S/C24H36FNO/c1-2-3-4-5-6-7-9-20-11-13-21(14-12-20)10-8-17-27-23-16-15-22(19-26)24(25)18-23/h15-16,18,20-21H,2-14,17H2,1H3. The lowest BCUT2D eigenvalue weighted by molar-refractivity contribution is 0.227. The van der Waals surface area contributed by atoms with Crippen molar-refractivity contribution in [3.8, 4) is 11.8 Å². The second kappa shape index (κ2) is 12.8. The number of rotatable bonds is 12. The van der Waals surface area contributed by atoms with Crippen molar-refractivity contribution in [2.45, 2.75) is 90.4 Å². The van der Waals surface area contributed by atoms with Crippen LogP contribution in [-0.4, -0.2) is 6.61 Å². The molecule has 1 saturated carbocycles. The van der Waals surface area contributed by atoms with Crippen molar-refractivity contribution in [1.82, 2.24) is 0 Å². The highest BCUT2D eigenvalue weighted by atomic mass is 19.1. The number of unbranched alkanes of at least 4 members (excludes halogenated alkanes) is 5. The summed E-state index contributed by atoms with van der Waals surface area (Å²) in [4.78, 5) is 0. The van der Waals surface area contributed by atoms with Gasteiger partial charge in [-0.3, -0.25) is 0 Å². The molecular weight excluding hydrogens is 337 g/mol. The summed E-state index contributed by atoms with van der Waals surface area (Å²) >= 11 is 0. The van der Waals surface area contributed by atoms with Crippen molar-refractivity contribution in [1.29, 1.82) is 5.26 Å². The van der Waals surface area contributed by atoms with Gasteiger partial charge in [0, 0.05) is 6.07 Å². The maximum atomic E-state index is 13.6. The fourth-order valence-corrected chi connectivity index (χ4v) is 4.26. The molecular formula is C24H36FNO. The molecule has 0 heterocycles. The van der Waals surface area contributed by atoms with Crippen LogP contribution in [0.25, 0.3) is 0 Å². The van der Waals surface area contributed by atoms with E-state index < -0.39 is 5.82 Å². The zero-order chi connectivity index (χ0) is 19.3. The number of hydrogen-bond donors (Lipinski definition) is 0. The highest BCUT2D eigenvalue weighted by Crippen LogP contribution is 2.34. The van der Waals surface area contributed by atoms with Crippen molar-refractivity contribution < 1.29 is 9.13 Å². The number of benzene rings is 1. The molecule has 0 atom stereocenters. The van der Waals surface area contributed by atoms with Gasteiger partial charge in [-0.15, -0.1) is 0 Å². The van der Waals surface area contributed by atoms with Gasteiger partial charge in [-0.1, -0.05) is 77.6 Å². The number of hydrogen-bond acceptors (Lipinski definition) is 2. The topological polar surface area (TPSA) is 33.0 Å². The van der Waals surface area contributed by atoms with Gasteiger partial charge in [-0.2, -0.15) is 5.26 Å². The first-order valence-corrected chi connectivity index (χ1v) is 11.1. The van der Waals surface area contributed by atoms with Gasteiger partial charge in [0.1, 0.15) is 17.6 Å². The molecule has 0 saturated heterocycles. The molecule has 1 fully saturated rings. The predicted molar refractivity (Wildman–Crippen MR) is 109 cm³/mol. The Morgan fingerprint density at radius 3 is 2.22 bits per heavy atom. The molecule has 0 aromatic heterocycles. The van der Waals surface area contributed by atoms with Crippen molar-refractivity contribution in [3.63, 3.8) is 0 Å². The molecule has 1 aliphatic rings. The molecule has 0 amide bonds. The van der Waals surface area contributed by atoms with E-state index in [9.17, 15) is 4.39 Å². The quantitative estimate of drug-likeness (QED) is 0.357. The Morgan fingerprint density at radius 1 is 0.963 bits per heavy atom.